The number of nitrogens with zero attached hydrogens (tertiary/aromatic N) is 1. The number of aromatic nitrogens is 1. The van der Waals surface area contributed by atoms with Gasteiger partial charge in [0.2, 0.25) is 5.52 Å². The van der Waals surface area contributed by atoms with Gasteiger partial charge in [0.15, 0.2) is 6.20 Å². The summed E-state index contributed by atoms with van der Waals surface area (Å²) < 4.78 is 0.969. The van der Waals surface area contributed by atoms with Crippen molar-refractivity contribution in [2.75, 3.05) is 0 Å². The van der Waals surface area contributed by atoms with Crippen LogP contribution in [0.2, 0.25) is 0 Å². The van der Waals surface area contributed by atoms with Crippen LogP contribution in [0.3, 0.4) is 0 Å². The lowest BCUT2D eigenvalue weighted by Gasteiger charge is -2.22. The molecule has 0 unspecified atom stereocenters. The van der Waals surface area contributed by atoms with Crippen LogP contribution in [0.5, 0.6) is 0 Å². The fourth-order valence-electron chi connectivity index (χ4n) is 3.38. The van der Waals surface area contributed by atoms with E-state index < -0.39 is 0 Å². The van der Waals surface area contributed by atoms with Crippen molar-refractivity contribution >= 4 is 16.5 Å². The third-order valence-corrected chi connectivity index (χ3v) is 4.43. The van der Waals surface area contributed by atoms with Gasteiger partial charge in [-0.2, -0.15) is 4.73 Å². The van der Waals surface area contributed by atoms with Gasteiger partial charge in [-0.1, -0.05) is 44.7 Å². The SMILES string of the molecule is C=C(CC1CCCCC1)c1cccc2ccc[n+]([O-])c12. The Kier molecular flexibility index (Phi) is 3.72. The predicted molar refractivity (Wildman–Crippen MR) is 83.1 cm³/mol. The first-order chi connectivity index (χ1) is 9.75. The lowest BCUT2D eigenvalue weighted by molar-refractivity contribution is -0.577. The van der Waals surface area contributed by atoms with Crippen LogP contribution in [-0.2, 0) is 0 Å². The highest BCUT2D eigenvalue weighted by Crippen LogP contribution is 2.33. The summed E-state index contributed by atoms with van der Waals surface area (Å²) in [6, 6.07) is 9.82. The van der Waals surface area contributed by atoms with E-state index >= 15 is 0 Å². The van der Waals surface area contributed by atoms with Gasteiger partial charge >= 0.3 is 0 Å². The molecule has 0 spiro atoms. The smallest absolute Gasteiger partial charge is 0.231 e. The summed E-state index contributed by atoms with van der Waals surface area (Å²) in [5.74, 6) is 0.746. The lowest BCUT2D eigenvalue weighted by Crippen LogP contribution is -2.27. The molecule has 1 aromatic heterocycles. The molecule has 1 aromatic carbocycles. The van der Waals surface area contributed by atoms with E-state index in [2.05, 4.69) is 6.58 Å². The van der Waals surface area contributed by atoms with Gasteiger partial charge in [-0.05, 0) is 36.1 Å². The van der Waals surface area contributed by atoms with E-state index in [1.54, 1.807) is 12.3 Å². The van der Waals surface area contributed by atoms with Crippen molar-refractivity contribution in [2.45, 2.75) is 38.5 Å². The Hall–Kier alpha value is -1.83. The van der Waals surface area contributed by atoms with Crippen molar-refractivity contribution in [1.82, 2.24) is 0 Å². The normalized spacial score (nSPS) is 16.4. The Morgan fingerprint density at radius 3 is 2.70 bits per heavy atom. The zero-order valence-corrected chi connectivity index (χ0v) is 11.8. The van der Waals surface area contributed by atoms with Crippen molar-refractivity contribution in [3.8, 4) is 0 Å². The third-order valence-electron chi connectivity index (χ3n) is 4.43. The van der Waals surface area contributed by atoms with E-state index in [1.807, 2.05) is 24.3 Å². The van der Waals surface area contributed by atoms with E-state index in [0.717, 1.165) is 39.1 Å². The van der Waals surface area contributed by atoms with Gasteiger partial charge in [0, 0.05) is 11.5 Å². The molecule has 2 nitrogen and oxygen atoms in total. The highest BCUT2D eigenvalue weighted by molar-refractivity contribution is 5.88. The largest absolute Gasteiger partial charge is 0.618 e. The van der Waals surface area contributed by atoms with Crippen LogP contribution in [0, 0.1) is 11.1 Å². The molecule has 0 saturated heterocycles. The molecule has 1 saturated carbocycles. The van der Waals surface area contributed by atoms with Crippen LogP contribution in [0.4, 0.5) is 0 Å². The maximum atomic E-state index is 12.1. The summed E-state index contributed by atoms with van der Waals surface area (Å²) in [6.07, 6.45) is 9.26. The minimum Gasteiger partial charge on any atom is -0.618 e. The molecular weight excluding hydrogens is 246 g/mol. The van der Waals surface area contributed by atoms with E-state index in [1.165, 1.54) is 32.1 Å². The molecule has 0 atom stereocenters. The van der Waals surface area contributed by atoms with Gasteiger partial charge < -0.3 is 5.21 Å². The highest BCUT2D eigenvalue weighted by Gasteiger charge is 2.18. The van der Waals surface area contributed by atoms with Crippen LogP contribution < -0.4 is 4.73 Å². The quantitative estimate of drug-likeness (QED) is 0.596. The van der Waals surface area contributed by atoms with Gasteiger partial charge in [0.05, 0.1) is 5.56 Å². The van der Waals surface area contributed by atoms with Crippen molar-refractivity contribution in [3.05, 3.63) is 53.9 Å². The number of hydrogen-bond acceptors (Lipinski definition) is 1. The van der Waals surface area contributed by atoms with Crippen LogP contribution in [-0.4, -0.2) is 0 Å². The second-order valence-corrected chi connectivity index (χ2v) is 5.89. The fourth-order valence-corrected chi connectivity index (χ4v) is 3.38. The van der Waals surface area contributed by atoms with E-state index in [0.29, 0.717) is 0 Å². The summed E-state index contributed by atoms with van der Waals surface area (Å²) in [5.41, 5.74) is 2.89. The van der Waals surface area contributed by atoms with Crippen LogP contribution in [0.15, 0.2) is 43.1 Å². The zero-order valence-electron chi connectivity index (χ0n) is 11.8. The summed E-state index contributed by atoms with van der Waals surface area (Å²) in [6.45, 7) is 4.26. The number of allylic oxidation sites excluding steroid dienone is 1. The number of fused-ring (bicyclic) bond motifs is 1. The molecule has 0 amide bonds. The van der Waals surface area contributed by atoms with Gasteiger partial charge in [-0.15, -0.1) is 0 Å². The molecule has 3 rings (SSSR count). The average molecular weight is 267 g/mol. The van der Waals surface area contributed by atoms with Crippen molar-refractivity contribution in [3.63, 3.8) is 0 Å². The number of benzene rings is 1. The number of para-hydroxylation sites is 1. The molecule has 1 fully saturated rings. The molecule has 0 N–H and O–H groups in total. The Labute approximate surface area is 120 Å². The molecule has 20 heavy (non-hydrogen) atoms. The highest BCUT2D eigenvalue weighted by atomic mass is 16.5. The summed E-state index contributed by atoms with van der Waals surface area (Å²) in [5, 5.41) is 13.1. The van der Waals surface area contributed by atoms with Crippen molar-refractivity contribution in [1.29, 1.82) is 0 Å². The minimum atomic E-state index is 0.746. The predicted octanol–water partition coefficient (Wildman–Crippen LogP) is 4.46. The number of hydrogen-bond donors (Lipinski definition) is 0. The number of rotatable bonds is 3. The molecule has 104 valence electrons. The van der Waals surface area contributed by atoms with Crippen LogP contribution in [0.1, 0.15) is 44.1 Å². The van der Waals surface area contributed by atoms with Crippen LogP contribution in [0.25, 0.3) is 16.5 Å². The standard InChI is InChI=1S/C18H21NO/c1-14(13-15-7-3-2-4-8-15)17-11-5-9-16-10-6-12-19(20)18(16)17/h5-6,9-12,15H,1-4,7-8,13H2. The Balaban J connectivity index is 1.91. The molecule has 1 aliphatic rings. The summed E-state index contributed by atoms with van der Waals surface area (Å²) in [4.78, 5) is 0. The molecule has 2 aromatic rings. The third kappa shape index (κ3) is 2.55. The van der Waals surface area contributed by atoms with E-state index in [9.17, 15) is 5.21 Å². The molecule has 2 heteroatoms. The molecule has 1 aliphatic carbocycles. The molecular formula is C18H21NO. The second kappa shape index (κ2) is 5.66. The summed E-state index contributed by atoms with van der Waals surface area (Å²) >= 11 is 0. The van der Waals surface area contributed by atoms with E-state index in [-0.39, 0.29) is 0 Å². The zero-order chi connectivity index (χ0) is 13.9. The maximum absolute atomic E-state index is 12.1. The van der Waals surface area contributed by atoms with Gasteiger partial charge in [0.1, 0.15) is 0 Å². The van der Waals surface area contributed by atoms with Crippen LogP contribution >= 0.6 is 0 Å². The van der Waals surface area contributed by atoms with Crippen molar-refractivity contribution in [2.24, 2.45) is 5.92 Å². The topological polar surface area (TPSA) is 26.9 Å². The molecule has 0 aliphatic heterocycles. The maximum Gasteiger partial charge on any atom is 0.231 e. The Bertz CT molecular complexity index is 621. The first kappa shape index (κ1) is 13.2. The van der Waals surface area contributed by atoms with Gasteiger partial charge in [-0.25, -0.2) is 0 Å². The van der Waals surface area contributed by atoms with Gasteiger partial charge in [-0.3, -0.25) is 0 Å². The van der Waals surface area contributed by atoms with E-state index in [4.69, 9.17) is 0 Å². The number of pyridine rings is 1. The first-order valence-corrected chi connectivity index (χ1v) is 7.55. The molecule has 0 bridgehead atoms. The van der Waals surface area contributed by atoms with Crippen molar-refractivity contribution < 1.29 is 4.73 Å². The average Bonchev–Trinajstić information content (AvgIpc) is 2.48. The molecule has 0 radical (unpaired) electrons. The Morgan fingerprint density at radius 2 is 1.90 bits per heavy atom. The first-order valence-electron chi connectivity index (χ1n) is 7.55. The lowest BCUT2D eigenvalue weighted by atomic mass is 9.83. The molecule has 1 heterocycles. The second-order valence-electron chi connectivity index (χ2n) is 5.89. The Morgan fingerprint density at radius 1 is 1.15 bits per heavy atom. The monoisotopic (exact) mass is 267 g/mol. The minimum absolute atomic E-state index is 0.746. The summed E-state index contributed by atoms with van der Waals surface area (Å²) in [7, 11) is 0. The fraction of sp³-hybridized carbons (Fsp3) is 0.389. The van der Waals surface area contributed by atoms with Gasteiger partial charge in [0.25, 0.3) is 0 Å².